The first-order chi connectivity index (χ1) is 8.47. The Kier molecular flexibility index (Phi) is 3.11. The van der Waals surface area contributed by atoms with Gasteiger partial charge in [0.25, 0.3) is 0 Å². The number of rotatable bonds is 3. The van der Waals surface area contributed by atoms with E-state index in [1.807, 2.05) is 31.2 Å². The Hall–Kier alpha value is -1.84. The summed E-state index contributed by atoms with van der Waals surface area (Å²) in [6, 6.07) is 6.93. The average molecular weight is 247 g/mol. The van der Waals surface area contributed by atoms with Crippen LogP contribution in [-0.4, -0.2) is 18.1 Å². The molecule has 4 heteroatoms. The molecule has 96 valence electrons. The zero-order valence-corrected chi connectivity index (χ0v) is 10.7. The maximum atomic E-state index is 11.2. The van der Waals surface area contributed by atoms with E-state index >= 15 is 0 Å². The maximum absolute atomic E-state index is 11.2. The van der Waals surface area contributed by atoms with Gasteiger partial charge < -0.3 is 4.74 Å². The minimum atomic E-state index is -0.600. The molecule has 1 saturated carbocycles. The molecule has 2 atom stereocenters. The van der Waals surface area contributed by atoms with Gasteiger partial charge >= 0.3 is 0 Å². The quantitative estimate of drug-likeness (QED) is 0.469. The van der Waals surface area contributed by atoms with Gasteiger partial charge in [0, 0.05) is 11.3 Å². The lowest BCUT2D eigenvalue weighted by Gasteiger charge is -2.26. The molecule has 1 aromatic rings. The molecule has 0 aliphatic heterocycles. The first-order valence-electron chi connectivity index (χ1n) is 5.92. The Morgan fingerprint density at radius 1 is 1.56 bits per heavy atom. The summed E-state index contributed by atoms with van der Waals surface area (Å²) in [5.74, 6) is 0.730. The predicted molar refractivity (Wildman–Crippen MR) is 69.5 cm³/mol. The number of methoxy groups -OCH3 is 1. The minimum absolute atomic E-state index is 0.183. The van der Waals surface area contributed by atoms with Crippen LogP contribution in [0.2, 0.25) is 0 Å². The number of nitro groups is 1. The van der Waals surface area contributed by atoms with E-state index in [0.29, 0.717) is 12.8 Å². The van der Waals surface area contributed by atoms with Crippen molar-refractivity contribution in [2.75, 3.05) is 7.11 Å². The molecule has 18 heavy (non-hydrogen) atoms. The molecule has 0 heterocycles. The third kappa shape index (κ3) is 1.98. The van der Waals surface area contributed by atoms with Crippen LogP contribution >= 0.6 is 0 Å². The van der Waals surface area contributed by atoms with E-state index in [1.165, 1.54) is 0 Å². The monoisotopic (exact) mass is 247 g/mol. The van der Waals surface area contributed by atoms with Gasteiger partial charge in [-0.1, -0.05) is 24.3 Å². The van der Waals surface area contributed by atoms with Crippen molar-refractivity contribution in [3.63, 3.8) is 0 Å². The molecule has 0 aromatic heterocycles. The van der Waals surface area contributed by atoms with E-state index < -0.39 is 11.5 Å². The van der Waals surface area contributed by atoms with Crippen molar-refractivity contribution in [3.05, 3.63) is 52.1 Å². The Morgan fingerprint density at radius 3 is 2.89 bits per heavy atom. The summed E-state index contributed by atoms with van der Waals surface area (Å²) >= 11 is 0. The van der Waals surface area contributed by atoms with Crippen LogP contribution in [0.25, 0.3) is 0 Å². The molecule has 0 spiro atoms. The lowest BCUT2D eigenvalue weighted by Crippen LogP contribution is -2.37. The second-order valence-corrected chi connectivity index (χ2v) is 5.08. The number of nitrogens with zero attached hydrogens (tertiary/aromatic N) is 1. The van der Waals surface area contributed by atoms with E-state index in [-0.39, 0.29) is 4.92 Å². The maximum Gasteiger partial charge on any atom is 0.226 e. The largest absolute Gasteiger partial charge is 0.497 e. The van der Waals surface area contributed by atoms with E-state index in [1.54, 1.807) is 7.11 Å². The van der Waals surface area contributed by atoms with Gasteiger partial charge in [-0.25, -0.2) is 0 Å². The highest BCUT2D eigenvalue weighted by atomic mass is 16.6. The molecule has 0 bridgehead atoms. The predicted octanol–water partition coefficient (Wildman–Crippen LogP) is 2.95. The van der Waals surface area contributed by atoms with Gasteiger partial charge in [-0.2, -0.15) is 0 Å². The van der Waals surface area contributed by atoms with Crippen LogP contribution in [0.15, 0.2) is 36.4 Å². The summed E-state index contributed by atoms with van der Waals surface area (Å²) in [7, 11) is 1.60. The van der Waals surface area contributed by atoms with Crippen LogP contribution in [0.4, 0.5) is 0 Å². The molecule has 0 radical (unpaired) electrons. The lowest BCUT2D eigenvalue weighted by atomic mass is 9.78. The van der Waals surface area contributed by atoms with Gasteiger partial charge in [0.2, 0.25) is 6.04 Å². The zero-order valence-electron chi connectivity index (χ0n) is 10.7. The Balaban J connectivity index is 2.45. The Labute approximate surface area is 106 Å². The lowest BCUT2D eigenvalue weighted by molar-refractivity contribution is -0.530. The van der Waals surface area contributed by atoms with E-state index in [9.17, 15) is 10.1 Å². The first-order valence-corrected chi connectivity index (χ1v) is 5.92. The fourth-order valence-electron chi connectivity index (χ4n) is 2.79. The van der Waals surface area contributed by atoms with Crippen molar-refractivity contribution in [2.24, 2.45) is 0 Å². The summed E-state index contributed by atoms with van der Waals surface area (Å²) in [5.41, 5.74) is 1.40. The second kappa shape index (κ2) is 4.44. The third-order valence-electron chi connectivity index (χ3n) is 3.82. The SMILES string of the molecule is C=C1C[C@H]([N+](=O)[O-])[C@@](C)(c2cccc(OC)c2)C1. The van der Waals surface area contributed by atoms with Crippen LogP contribution in [0.3, 0.4) is 0 Å². The van der Waals surface area contributed by atoms with Crippen LogP contribution in [0.5, 0.6) is 5.75 Å². The third-order valence-corrected chi connectivity index (χ3v) is 3.82. The molecule has 1 aliphatic carbocycles. The van der Waals surface area contributed by atoms with Crippen molar-refractivity contribution >= 4 is 0 Å². The molecule has 2 rings (SSSR count). The number of hydrogen-bond acceptors (Lipinski definition) is 3. The smallest absolute Gasteiger partial charge is 0.226 e. The molecule has 0 N–H and O–H groups in total. The van der Waals surface area contributed by atoms with Crippen molar-refractivity contribution < 1.29 is 9.66 Å². The minimum Gasteiger partial charge on any atom is -0.497 e. The van der Waals surface area contributed by atoms with Crippen molar-refractivity contribution in [1.82, 2.24) is 0 Å². The van der Waals surface area contributed by atoms with Crippen molar-refractivity contribution in [1.29, 1.82) is 0 Å². The highest BCUT2D eigenvalue weighted by Crippen LogP contribution is 2.45. The summed E-state index contributed by atoms with van der Waals surface area (Å²) in [6.45, 7) is 5.85. The highest BCUT2D eigenvalue weighted by Gasteiger charge is 2.49. The molecule has 1 aliphatic rings. The van der Waals surface area contributed by atoms with Gasteiger partial charge in [-0.05, 0) is 31.0 Å². The van der Waals surface area contributed by atoms with E-state index in [2.05, 4.69) is 6.58 Å². The van der Waals surface area contributed by atoms with Crippen molar-refractivity contribution in [2.45, 2.75) is 31.2 Å². The molecule has 0 saturated heterocycles. The van der Waals surface area contributed by atoms with Crippen LogP contribution < -0.4 is 4.74 Å². The number of ether oxygens (including phenoxy) is 1. The van der Waals surface area contributed by atoms with Gasteiger partial charge in [-0.3, -0.25) is 10.1 Å². The van der Waals surface area contributed by atoms with Gasteiger partial charge in [0.15, 0.2) is 0 Å². The van der Waals surface area contributed by atoms with Gasteiger partial charge in [0.1, 0.15) is 5.75 Å². The summed E-state index contributed by atoms with van der Waals surface area (Å²) < 4.78 is 5.19. The summed E-state index contributed by atoms with van der Waals surface area (Å²) in [5, 5.41) is 11.2. The Morgan fingerprint density at radius 2 is 2.28 bits per heavy atom. The zero-order chi connectivity index (χ0) is 13.3. The van der Waals surface area contributed by atoms with Crippen LogP contribution in [0, 0.1) is 10.1 Å². The summed E-state index contributed by atoms with van der Waals surface area (Å²) in [4.78, 5) is 11.0. The standard InChI is InChI=1S/C14H17NO3/c1-10-7-13(15(16)17)14(2,9-10)11-5-4-6-12(8-11)18-3/h4-6,8,13H,1,7,9H2,2-3H3/t13-,14+/m0/s1. The normalized spacial score (nSPS) is 27.2. The molecule has 4 nitrogen and oxygen atoms in total. The molecule has 0 unspecified atom stereocenters. The first kappa shape index (κ1) is 12.6. The second-order valence-electron chi connectivity index (χ2n) is 5.08. The van der Waals surface area contributed by atoms with E-state index in [4.69, 9.17) is 4.74 Å². The van der Waals surface area contributed by atoms with Gasteiger partial charge in [-0.15, -0.1) is 0 Å². The molecule has 1 fully saturated rings. The molecule has 0 amide bonds. The summed E-state index contributed by atoms with van der Waals surface area (Å²) in [6.07, 6.45) is 1.12. The topological polar surface area (TPSA) is 52.4 Å². The fraction of sp³-hybridized carbons (Fsp3) is 0.429. The molecule has 1 aromatic carbocycles. The van der Waals surface area contributed by atoms with Gasteiger partial charge in [0.05, 0.1) is 12.5 Å². The van der Waals surface area contributed by atoms with E-state index in [0.717, 1.165) is 16.9 Å². The highest BCUT2D eigenvalue weighted by molar-refractivity contribution is 5.38. The fourth-order valence-corrected chi connectivity index (χ4v) is 2.79. The Bertz CT molecular complexity index is 498. The average Bonchev–Trinajstić information content (AvgIpc) is 2.66. The molecular weight excluding hydrogens is 230 g/mol. The van der Waals surface area contributed by atoms with Crippen molar-refractivity contribution in [3.8, 4) is 5.75 Å². The number of hydrogen-bond donors (Lipinski definition) is 0. The van der Waals surface area contributed by atoms with Crippen LogP contribution in [0.1, 0.15) is 25.3 Å². The molecular formula is C14H17NO3. The van der Waals surface area contributed by atoms with Crippen LogP contribution in [-0.2, 0) is 5.41 Å². The number of benzene rings is 1.